The van der Waals surface area contributed by atoms with Gasteiger partial charge in [-0.25, -0.2) is 0 Å². The van der Waals surface area contributed by atoms with Gasteiger partial charge in [-0.15, -0.1) is 0 Å². The maximum atomic E-state index is 12.8. The number of aromatic nitrogens is 2. The van der Waals surface area contributed by atoms with E-state index in [9.17, 15) is 14.4 Å². The number of rotatable bonds is 1. The lowest BCUT2D eigenvalue weighted by atomic mass is 9.93. The van der Waals surface area contributed by atoms with Crippen LogP contribution < -0.4 is 26.0 Å². The number of carbonyl (C=O) groups is 3. The first-order valence-electron chi connectivity index (χ1n) is 12.4. The average Bonchev–Trinajstić information content (AvgIpc) is 3.27. The van der Waals surface area contributed by atoms with E-state index in [1.807, 2.05) is 19.9 Å². The number of nitrogens with one attached hydrogen (secondary N) is 5. The van der Waals surface area contributed by atoms with Crippen LogP contribution in [0.3, 0.4) is 0 Å². The second kappa shape index (κ2) is 12.8. The molecule has 0 saturated carbocycles. The van der Waals surface area contributed by atoms with Gasteiger partial charge < -0.3 is 31.0 Å². The summed E-state index contributed by atoms with van der Waals surface area (Å²) in [6, 6.07) is 1.83. The molecule has 190 valence electrons. The van der Waals surface area contributed by atoms with Crippen molar-refractivity contribution in [3.05, 3.63) is 29.7 Å². The van der Waals surface area contributed by atoms with Crippen molar-refractivity contribution < 1.29 is 19.1 Å². The Kier molecular flexibility index (Phi) is 9.51. The summed E-state index contributed by atoms with van der Waals surface area (Å²) in [7, 11) is 1.76. The van der Waals surface area contributed by atoms with Crippen molar-refractivity contribution >= 4 is 23.4 Å². The van der Waals surface area contributed by atoms with E-state index in [1.54, 1.807) is 19.4 Å². The van der Waals surface area contributed by atoms with Gasteiger partial charge in [0.25, 0.3) is 5.91 Å². The van der Waals surface area contributed by atoms with Gasteiger partial charge >= 0.3 is 0 Å². The highest BCUT2D eigenvalue weighted by atomic mass is 16.5. The topological polar surface area (TPSA) is 137 Å². The highest BCUT2D eigenvalue weighted by Gasteiger charge is 2.33. The lowest BCUT2D eigenvalue weighted by Gasteiger charge is -2.23. The molecule has 3 amide bonds. The van der Waals surface area contributed by atoms with Crippen LogP contribution in [0.25, 0.3) is 11.3 Å². The molecule has 35 heavy (non-hydrogen) atoms. The summed E-state index contributed by atoms with van der Waals surface area (Å²) >= 11 is 0. The predicted molar refractivity (Wildman–Crippen MR) is 135 cm³/mol. The summed E-state index contributed by atoms with van der Waals surface area (Å²) < 4.78 is 5.99. The van der Waals surface area contributed by atoms with Crippen molar-refractivity contribution in [1.82, 2.24) is 25.9 Å². The number of pyridine rings is 1. The van der Waals surface area contributed by atoms with Crippen LogP contribution in [0, 0.1) is 0 Å². The summed E-state index contributed by atoms with van der Waals surface area (Å²) in [6.45, 7) is 5.83. The largest absolute Gasteiger partial charge is 0.491 e. The SMILES string of the molecule is CC.CNc1c2[nH]c3c1C(=O)NC[C@@H]3CC(=O)NCCCCC(=O)NCCCOc1cnccc1-2. The number of H-pyrrole nitrogens is 1. The first-order chi connectivity index (χ1) is 17.1. The zero-order chi connectivity index (χ0) is 25.2. The minimum Gasteiger partial charge on any atom is -0.491 e. The molecule has 0 unspecified atom stereocenters. The molecule has 0 fully saturated rings. The number of carbonyl (C=O) groups excluding carboxylic acids is 3. The number of hydrogen-bond donors (Lipinski definition) is 5. The zero-order valence-corrected chi connectivity index (χ0v) is 20.8. The molecule has 0 aromatic carbocycles. The third-order valence-electron chi connectivity index (χ3n) is 5.96. The van der Waals surface area contributed by atoms with E-state index in [4.69, 9.17) is 4.74 Å². The van der Waals surface area contributed by atoms with Crippen LogP contribution in [0.1, 0.15) is 67.9 Å². The Balaban J connectivity index is 0.00000167. The number of amides is 3. The second-order valence-electron chi connectivity index (χ2n) is 8.26. The van der Waals surface area contributed by atoms with Crippen LogP contribution >= 0.6 is 0 Å². The molecular weight excluding hydrogens is 448 g/mol. The highest BCUT2D eigenvalue weighted by Crippen LogP contribution is 2.41. The van der Waals surface area contributed by atoms with E-state index in [1.165, 1.54) is 0 Å². The van der Waals surface area contributed by atoms with E-state index in [2.05, 4.69) is 31.2 Å². The van der Waals surface area contributed by atoms with Gasteiger partial charge in [0.1, 0.15) is 5.75 Å². The van der Waals surface area contributed by atoms with E-state index in [0.29, 0.717) is 68.2 Å². The van der Waals surface area contributed by atoms with Crippen LogP contribution in [0.5, 0.6) is 5.75 Å². The Morgan fingerprint density at radius 2 is 1.80 bits per heavy atom. The van der Waals surface area contributed by atoms with Gasteiger partial charge in [0.2, 0.25) is 11.8 Å². The van der Waals surface area contributed by atoms with Crippen LogP contribution in [0.15, 0.2) is 18.5 Å². The summed E-state index contributed by atoms with van der Waals surface area (Å²) in [5.41, 5.74) is 3.40. The first kappa shape index (κ1) is 26.1. The van der Waals surface area contributed by atoms with Gasteiger partial charge in [0.15, 0.2) is 0 Å². The molecule has 10 heteroatoms. The van der Waals surface area contributed by atoms with E-state index < -0.39 is 0 Å². The Bertz CT molecular complexity index is 1030. The lowest BCUT2D eigenvalue weighted by Crippen LogP contribution is -2.37. The average molecular weight is 485 g/mol. The second-order valence-corrected chi connectivity index (χ2v) is 8.26. The number of ether oxygens (including phenoxy) is 1. The summed E-state index contributed by atoms with van der Waals surface area (Å²) in [6.07, 6.45) is 6.07. The molecular formula is C25H36N6O4. The number of aromatic amines is 1. The van der Waals surface area contributed by atoms with Gasteiger partial charge in [-0.3, -0.25) is 19.4 Å². The first-order valence-corrected chi connectivity index (χ1v) is 12.4. The molecule has 4 heterocycles. The summed E-state index contributed by atoms with van der Waals surface area (Å²) in [5.74, 6) is 0.135. The monoisotopic (exact) mass is 484 g/mol. The van der Waals surface area contributed by atoms with Gasteiger partial charge in [-0.2, -0.15) is 0 Å². The number of nitrogens with zero attached hydrogens (tertiary/aromatic N) is 1. The third kappa shape index (κ3) is 6.32. The van der Waals surface area contributed by atoms with Gasteiger partial charge in [0.05, 0.1) is 29.7 Å². The van der Waals surface area contributed by atoms with Crippen molar-refractivity contribution in [1.29, 1.82) is 0 Å². The summed E-state index contributed by atoms with van der Waals surface area (Å²) in [4.78, 5) is 44.9. The fraction of sp³-hybridized carbons (Fsp3) is 0.520. The molecule has 2 aromatic heterocycles. The van der Waals surface area contributed by atoms with Gasteiger partial charge in [-0.05, 0) is 25.3 Å². The molecule has 2 aliphatic rings. The third-order valence-corrected chi connectivity index (χ3v) is 5.96. The quantitative estimate of drug-likeness (QED) is 0.422. The lowest BCUT2D eigenvalue weighted by molar-refractivity contribution is -0.121. The normalized spacial score (nSPS) is 19.1. The minimum atomic E-state index is -0.183. The molecule has 10 nitrogen and oxygen atoms in total. The Morgan fingerprint density at radius 1 is 1.03 bits per heavy atom. The number of hydrogen-bond acceptors (Lipinski definition) is 6. The minimum absolute atomic E-state index is 0.00375. The molecule has 0 saturated heterocycles. The molecule has 4 rings (SSSR count). The fourth-order valence-electron chi connectivity index (χ4n) is 4.30. The molecule has 0 spiro atoms. The van der Waals surface area contributed by atoms with Crippen molar-refractivity contribution in [3.63, 3.8) is 0 Å². The maximum Gasteiger partial charge on any atom is 0.255 e. The predicted octanol–water partition coefficient (Wildman–Crippen LogP) is 2.55. The van der Waals surface area contributed by atoms with Crippen molar-refractivity contribution in [2.24, 2.45) is 0 Å². The molecule has 0 radical (unpaired) electrons. The Morgan fingerprint density at radius 3 is 2.60 bits per heavy atom. The molecule has 1 atom stereocenters. The Hall–Kier alpha value is -3.56. The highest BCUT2D eigenvalue weighted by molar-refractivity contribution is 6.06. The zero-order valence-electron chi connectivity index (χ0n) is 20.8. The maximum absolute atomic E-state index is 12.8. The van der Waals surface area contributed by atoms with Gasteiger partial charge in [0, 0.05) is 62.9 Å². The number of anilines is 1. The van der Waals surface area contributed by atoms with Crippen molar-refractivity contribution in [3.8, 4) is 17.0 Å². The van der Waals surface area contributed by atoms with Crippen molar-refractivity contribution in [2.75, 3.05) is 38.6 Å². The Labute approximate surface area is 206 Å². The molecule has 2 aromatic rings. The molecule has 2 bridgehead atoms. The molecule has 5 N–H and O–H groups in total. The van der Waals surface area contributed by atoms with E-state index in [-0.39, 0.29) is 30.1 Å². The van der Waals surface area contributed by atoms with Crippen LogP contribution in [0.2, 0.25) is 0 Å². The van der Waals surface area contributed by atoms with E-state index in [0.717, 1.165) is 17.7 Å². The van der Waals surface area contributed by atoms with Crippen LogP contribution in [-0.2, 0) is 9.59 Å². The van der Waals surface area contributed by atoms with Gasteiger partial charge in [-0.1, -0.05) is 13.8 Å². The van der Waals surface area contributed by atoms with E-state index >= 15 is 0 Å². The summed E-state index contributed by atoms with van der Waals surface area (Å²) in [5, 5.41) is 11.9. The van der Waals surface area contributed by atoms with Crippen LogP contribution in [-0.4, -0.2) is 61.0 Å². The fourth-order valence-corrected chi connectivity index (χ4v) is 4.30. The molecule has 0 aliphatic carbocycles. The standard InChI is InChI=1S/C23H30N6O4.C2H6/c1-24-22-19-20-14(12-28-23(19)32)11-18(31)27-7-3-2-5-17(30)26-8-4-10-33-16-13-25-9-6-15(16)21(22)29-20;1-2/h6,9,13-14,24,29H,2-5,7-8,10-12H2,1H3,(H,26,30)(H,27,31)(H,28,32);1-2H3/t14-;/m0./s1. The number of fused-ring (bicyclic) bond motifs is 3. The molecule has 2 aliphatic heterocycles. The van der Waals surface area contributed by atoms with Crippen LogP contribution in [0.4, 0.5) is 5.69 Å². The smallest absolute Gasteiger partial charge is 0.255 e. The van der Waals surface area contributed by atoms with Crippen molar-refractivity contribution in [2.45, 2.75) is 51.9 Å².